The lowest BCUT2D eigenvalue weighted by molar-refractivity contribution is -0.123. The monoisotopic (exact) mass is 351 g/mol. The summed E-state index contributed by atoms with van der Waals surface area (Å²) in [5, 5.41) is 3.38. The van der Waals surface area contributed by atoms with E-state index in [0.29, 0.717) is 21.3 Å². The first-order valence-corrected chi connectivity index (χ1v) is 7.66. The van der Waals surface area contributed by atoms with Crippen molar-refractivity contribution in [2.45, 2.75) is 20.0 Å². The van der Waals surface area contributed by atoms with E-state index in [1.165, 1.54) is 13.0 Å². The van der Waals surface area contributed by atoms with Crippen molar-refractivity contribution in [2.75, 3.05) is 5.32 Å². The van der Waals surface area contributed by atoms with Gasteiger partial charge in [-0.25, -0.2) is 4.79 Å². The summed E-state index contributed by atoms with van der Waals surface area (Å²) in [6.07, 6.45) is -0.975. The molecule has 0 saturated carbocycles. The number of halogens is 2. The van der Waals surface area contributed by atoms with Crippen molar-refractivity contribution in [3.8, 4) is 0 Å². The normalized spacial score (nSPS) is 11.7. The van der Waals surface area contributed by atoms with Crippen LogP contribution in [-0.4, -0.2) is 18.0 Å². The third kappa shape index (κ3) is 4.47. The standard InChI is InChI=1S/C17H15Cl2NO3/c1-10-5-3-4-6-13(10)17(22)23-11(2)16(21)20-15-9-12(18)7-8-14(15)19/h3-9,11H,1-2H3,(H,20,21). The molecule has 0 saturated heterocycles. The third-order valence-electron chi connectivity index (χ3n) is 3.20. The van der Waals surface area contributed by atoms with Gasteiger partial charge in [0.15, 0.2) is 6.10 Å². The molecule has 0 fully saturated rings. The minimum atomic E-state index is -0.975. The second-order valence-corrected chi connectivity index (χ2v) is 5.82. The SMILES string of the molecule is Cc1ccccc1C(=O)OC(C)C(=O)Nc1cc(Cl)ccc1Cl. The highest BCUT2D eigenvalue weighted by Gasteiger charge is 2.20. The Balaban J connectivity index is 2.04. The molecule has 1 N–H and O–H groups in total. The van der Waals surface area contributed by atoms with E-state index in [4.69, 9.17) is 27.9 Å². The Hall–Kier alpha value is -2.04. The molecular formula is C17H15Cl2NO3. The lowest BCUT2D eigenvalue weighted by Gasteiger charge is -2.15. The summed E-state index contributed by atoms with van der Waals surface area (Å²) in [7, 11) is 0. The minimum Gasteiger partial charge on any atom is -0.449 e. The van der Waals surface area contributed by atoms with Crippen molar-refractivity contribution in [1.29, 1.82) is 0 Å². The van der Waals surface area contributed by atoms with Crippen LogP contribution in [0.1, 0.15) is 22.8 Å². The number of carbonyl (C=O) groups excluding carboxylic acids is 2. The maximum atomic E-state index is 12.1. The molecule has 4 nitrogen and oxygen atoms in total. The van der Waals surface area contributed by atoms with Crippen LogP contribution in [-0.2, 0) is 9.53 Å². The highest BCUT2D eigenvalue weighted by Crippen LogP contribution is 2.25. The topological polar surface area (TPSA) is 55.4 Å². The molecular weight excluding hydrogens is 337 g/mol. The number of esters is 1. The van der Waals surface area contributed by atoms with Crippen molar-refractivity contribution in [3.63, 3.8) is 0 Å². The predicted molar refractivity (Wildman–Crippen MR) is 91.1 cm³/mol. The molecule has 0 spiro atoms. The van der Waals surface area contributed by atoms with Crippen molar-refractivity contribution in [2.24, 2.45) is 0 Å². The highest BCUT2D eigenvalue weighted by molar-refractivity contribution is 6.35. The molecule has 120 valence electrons. The molecule has 0 heterocycles. The van der Waals surface area contributed by atoms with Gasteiger partial charge in [-0.2, -0.15) is 0 Å². The van der Waals surface area contributed by atoms with Gasteiger partial charge in [-0.05, 0) is 43.7 Å². The number of anilines is 1. The van der Waals surface area contributed by atoms with Crippen LogP contribution in [0.3, 0.4) is 0 Å². The van der Waals surface area contributed by atoms with Gasteiger partial charge in [-0.3, -0.25) is 4.79 Å². The summed E-state index contributed by atoms with van der Waals surface area (Å²) in [6.45, 7) is 3.29. The molecule has 2 rings (SSSR count). The molecule has 0 aliphatic carbocycles. The van der Waals surface area contributed by atoms with E-state index in [1.54, 1.807) is 37.3 Å². The number of amides is 1. The van der Waals surface area contributed by atoms with Crippen molar-refractivity contribution in [3.05, 3.63) is 63.6 Å². The largest absolute Gasteiger partial charge is 0.449 e. The number of ether oxygens (including phenoxy) is 1. The van der Waals surface area contributed by atoms with E-state index in [1.807, 2.05) is 6.07 Å². The summed E-state index contributed by atoms with van der Waals surface area (Å²) >= 11 is 11.9. The smallest absolute Gasteiger partial charge is 0.339 e. The summed E-state index contributed by atoms with van der Waals surface area (Å²) < 4.78 is 5.19. The summed E-state index contributed by atoms with van der Waals surface area (Å²) in [5.41, 5.74) is 1.57. The van der Waals surface area contributed by atoms with Crippen LogP contribution in [0.25, 0.3) is 0 Å². The number of hydrogen-bond acceptors (Lipinski definition) is 3. The average molecular weight is 352 g/mol. The van der Waals surface area contributed by atoms with Crippen molar-refractivity contribution < 1.29 is 14.3 Å². The Morgan fingerprint density at radius 3 is 2.52 bits per heavy atom. The number of hydrogen-bond donors (Lipinski definition) is 1. The fraction of sp³-hybridized carbons (Fsp3) is 0.176. The second-order valence-electron chi connectivity index (χ2n) is 4.98. The van der Waals surface area contributed by atoms with E-state index < -0.39 is 18.0 Å². The number of benzene rings is 2. The Bertz CT molecular complexity index is 746. The van der Waals surface area contributed by atoms with Gasteiger partial charge in [0, 0.05) is 5.02 Å². The van der Waals surface area contributed by atoms with Gasteiger partial charge in [0.1, 0.15) is 0 Å². The van der Waals surface area contributed by atoms with E-state index in [2.05, 4.69) is 5.32 Å². The summed E-state index contributed by atoms with van der Waals surface area (Å²) in [4.78, 5) is 24.2. The fourth-order valence-electron chi connectivity index (χ4n) is 1.91. The zero-order chi connectivity index (χ0) is 17.0. The van der Waals surface area contributed by atoms with Crippen molar-refractivity contribution in [1.82, 2.24) is 0 Å². The minimum absolute atomic E-state index is 0.347. The van der Waals surface area contributed by atoms with Crippen LogP contribution in [0.15, 0.2) is 42.5 Å². The molecule has 0 aliphatic rings. The van der Waals surface area contributed by atoms with Crippen LogP contribution < -0.4 is 5.32 Å². The lowest BCUT2D eigenvalue weighted by atomic mass is 10.1. The van der Waals surface area contributed by atoms with Gasteiger partial charge in [0.25, 0.3) is 5.91 Å². The van der Waals surface area contributed by atoms with Gasteiger partial charge < -0.3 is 10.1 Å². The Morgan fingerprint density at radius 1 is 1.13 bits per heavy atom. The van der Waals surface area contributed by atoms with Gasteiger partial charge in [-0.15, -0.1) is 0 Å². The number of aryl methyl sites for hydroxylation is 1. The quantitative estimate of drug-likeness (QED) is 0.825. The molecule has 6 heteroatoms. The van der Waals surface area contributed by atoms with Gasteiger partial charge >= 0.3 is 5.97 Å². The first-order chi connectivity index (χ1) is 10.9. The van der Waals surface area contributed by atoms with Crippen LogP contribution in [0.4, 0.5) is 5.69 Å². The molecule has 0 aromatic heterocycles. The highest BCUT2D eigenvalue weighted by atomic mass is 35.5. The number of carbonyl (C=O) groups is 2. The zero-order valence-electron chi connectivity index (χ0n) is 12.6. The average Bonchev–Trinajstić information content (AvgIpc) is 2.51. The van der Waals surface area contributed by atoms with Crippen LogP contribution in [0.5, 0.6) is 0 Å². The molecule has 1 amide bonds. The number of rotatable bonds is 4. The summed E-state index contributed by atoms with van der Waals surface area (Å²) in [6, 6.07) is 11.7. The first-order valence-electron chi connectivity index (χ1n) is 6.91. The Kier molecular flexibility index (Phi) is 5.64. The fourth-order valence-corrected chi connectivity index (χ4v) is 2.24. The molecule has 2 aromatic rings. The van der Waals surface area contributed by atoms with Crippen LogP contribution >= 0.6 is 23.2 Å². The molecule has 0 aliphatic heterocycles. The Labute approximate surface area is 144 Å². The predicted octanol–water partition coefficient (Wildman–Crippen LogP) is 4.49. The summed E-state index contributed by atoms with van der Waals surface area (Å²) in [5.74, 6) is -1.04. The van der Waals surface area contributed by atoms with E-state index in [0.717, 1.165) is 5.56 Å². The van der Waals surface area contributed by atoms with Crippen molar-refractivity contribution >= 4 is 40.8 Å². The third-order valence-corrected chi connectivity index (χ3v) is 3.77. The van der Waals surface area contributed by atoms with Crippen LogP contribution in [0.2, 0.25) is 10.0 Å². The van der Waals surface area contributed by atoms with Gasteiger partial charge in [0.05, 0.1) is 16.3 Å². The van der Waals surface area contributed by atoms with E-state index >= 15 is 0 Å². The molecule has 23 heavy (non-hydrogen) atoms. The van der Waals surface area contributed by atoms with E-state index in [-0.39, 0.29) is 0 Å². The van der Waals surface area contributed by atoms with Crippen LogP contribution in [0, 0.1) is 6.92 Å². The first kappa shape index (κ1) is 17.3. The Morgan fingerprint density at radius 2 is 1.83 bits per heavy atom. The number of nitrogens with one attached hydrogen (secondary N) is 1. The molecule has 1 atom stereocenters. The maximum Gasteiger partial charge on any atom is 0.339 e. The lowest BCUT2D eigenvalue weighted by Crippen LogP contribution is -2.30. The van der Waals surface area contributed by atoms with E-state index in [9.17, 15) is 9.59 Å². The zero-order valence-corrected chi connectivity index (χ0v) is 14.1. The second kappa shape index (κ2) is 7.49. The van der Waals surface area contributed by atoms with Gasteiger partial charge in [-0.1, -0.05) is 41.4 Å². The molecule has 1 unspecified atom stereocenters. The molecule has 2 aromatic carbocycles. The molecule has 0 bridgehead atoms. The maximum absolute atomic E-state index is 12.1. The van der Waals surface area contributed by atoms with Gasteiger partial charge in [0.2, 0.25) is 0 Å². The molecule has 0 radical (unpaired) electrons.